The first-order valence-corrected chi connectivity index (χ1v) is 8.42. The van der Waals surface area contributed by atoms with Crippen molar-refractivity contribution in [2.45, 2.75) is 26.4 Å². The summed E-state index contributed by atoms with van der Waals surface area (Å²) in [5, 5.41) is 10.7. The van der Waals surface area contributed by atoms with Gasteiger partial charge in [0.05, 0.1) is 18.8 Å². The first-order chi connectivity index (χ1) is 12.3. The summed E-state index contributed by atoms with van der Waals surface area (Å²) < 4.78 is 5.24. The van der Waals surface area contributed by atoms with Gasteiger partial charge < -0.3 is 9.84 Å². The average Bonchev–Trinajstić information content (AvgIpc) is 2.62. The third-order valence-electron chi connectivity index (χ3n) is 5.36. The predicted molar refractivity (Wildman–Crippen MR) is 94.0 cm³/mol. The molecular weight excluding hydrogens is 332 g/mol. The van der Waals surface area contributed by atoms with Crippen molar-refractivity contribution in [3.63, 3.8) is 0 Å². The monoisotopic (exact) mass is 350 g/mol. The predicted octanol–water partition coefficient (Wildman–Crippen LogP) is 3.12. The number of carbonyl (C=O) groups is 3. The number of ether oxygens (including phenoxy) is 1. The van der Waals surface area contributed by atoms with E-state index in [1.54, 1.807) is 24.3 Å². The SMILES string of the molecule is COc1cccc2c1C(=O)c1ccc3c(c1C2=O)C(=O)CC(C)(C)C3O. The van der Waals surface area contributed by atoms with Crippen molar-refractivity contribution in [3.05, 3.63) is 63.7 Å². The van der Waals surface area contributed by atoms with Gasteiger partial charge in [0.15, 0.2) is 17.3 Å². The Hall–Kier alpha value is -2.79. The van der Waals surface area contributed by atoms with Crippen LogP contribution in [0.2, 0.25) is 0 Å². The van der Waals surface area contributed by atoms with Crippen LogP contribution < -0.4 is 4.74 Å². The number of methoxy groups -OCH3 is 1. The Labute approximate surface area is 150 Å². The molecule has 2 aliphatic rings. The molecule has 0 saturated carbocycles. The van der Waals surface area contributed by atoms with E-state index in [4.69, 9.17) is 4.74 Å². The van der Waals surface area contributed by atoms with Gasteiger partial charge in [-0.1, -0.05) is 32.0 Å². The van der Waals surface area contributed by atoms with Gasteiger partial charge in [0.25, 0.3) is 0 Å². The van der Waals surface area contributed by atoms with Crippen LogP contribution in [0.5, 0.6) is 5.75 Å². The van der Waals surface area contributed by atoms with E-state index >= 15 is 0 Å². The fraction of sp³-hybridized carbons (Fsp3) is 0.286. The second kappa shape index (κ2) is 5.35. The van der Waals surface area contributed by atoms with Crippen LogP contribution >= 0.6 is 0 Å². The van der Waals surface area contributed by atoms with Crippen molar-refractivity contribution in [2.75, 3.05) is 7.11 Å². The highest BCUT2D eigenvalue weighted by Gasteiger charge is 2.44. The molecule has 0 bridgehead atoms. The molecule has 132 valence electrons. The number of Topliss-reactive ketones (excluding diaryl/α,β-unsaturated/α-hetero) is 1. The van der Waals surface area contributed by atoms with Gasteiger partial charge in [-0.15, -0.1) is 0 Å². The van der Waals surface area contributed by atoms with Crippen molar-refractivity contribution in [1.29, 1.82) is 0 Å². The zero-order valence-electron chi connectivity index (χ0n) is 14.8. The molecule has 0 amide bonds. The molecule has 2 aromatic carbocycles. The minimum Gasteiger partial charge on any atom is -0.496 e. The topological polar surface area (TPSA) is 80.7 Å². The number of hydrogen-bond acceptors (Lipinski definition) is 5. The molecule has 4 rings (SSSR count). The number of rotatable bonds is 1. The molecule has 0 aromatic heterocycles. The van der Waals surface area contributed by atoms with Crippen LogP contribution in [0.3, 0.4) is 0 Å². The molecule has 2 aliphatic carbocycles. The molecule has 0 fully saturated rings. The summed E-state index contributed by atoms with van der Waals surface area (Å²) in [6.45, 7) is 3.62. The van der Waals surface area contributed by atoms with Gasteiger partial charge in [0.2, 0.25) is 0 Å². The van der Waals surface area contributed by atoms with Crippen molar-refractivity contribution in [3.8, 4) is 5.75 Å². The van der Waals surface area contributed by atoms with Crippen LogP contribution in [0.1, 0.15) is 74.1 Å². The average molecular weight is 350 g/mol. The van der Waals surface area contributed by atoms with Gasteiger partial charge in [0, 0.05) is 34.1 Å². The molecule has 0 aliphatic heterocycles. The summed E-state index contributed by atoms with van der Waals surface area (Å²) in [5.74, 6) is -0.621. The molecule has 0 radical (unpaired) electrons. The first kappa shape index (κ1) is 16.7. The molecule has 1 unspecified atom stereocenters. The van der Waals surface area contributed by atoms with Gasteiger partial charge in [-0.2, -0.15) is 0 Å². The first-order valence-electron chi connectivity index (χ1n) is 8.42. The van der Waals surface area contributed by atoms with Crippen LogP contribution in [0.25, 0.3) is 0 Å². The van der Waals surface area contributed by atoms with E-state index in [1.807, 2.05) is 13.8 Å². The van der Waals surface area contributed by atoms with E-state index in [1.165, 1.54) is 13.2 Å². The Morgan fingerprint density at radius 2 is 1.62 bits per heavy atom. The minimum absolute atomic E-state index is 0.104. The number of ketones is 3. The fourth-order valence-electron chi connectivity index (χ4n) is 3.99. The second-order valence-electron chi connectivity index (χ2n) is 7.48. The molecule has 1 atom stereocenters. The molecule has 0 saturated heterocycles. The second-order valence-corrected chi connectivity index (χ2v) is 7.48. The molecular formula is C21H18O5. The van der Waals surface area contributed by atoms with Crippen LogP contribution in [-0.2, 0) is 0 Å². The summed E-state index contributed by atoms with van der Waals surface area (Å²) in [4.78, 5) is 39.0. The van der Waals surface area contributed by atoms with E-state index in [2.05, 4.69) is 0 Å². The van der Waals surface area contributed by atoms with Gasteiger partial charge >= 0.3 is 0 Å². The smallest absolute Gasteiger partial charge is 0.198 e. The summed E-state index contributed by atoms with van der Waals surface area (Å²) in [5.41, 5.74) is 0.706. The van der Waals surface area contributed by atoms with Crippen molar-refractivity contribution >= 4 is 17.3 Å². The lowest BCUT2D eigenvalue weighted by molar-refractivity contribution is 0.0316. The van der Waals surface area contributed by atoms with E-state index in [9.17, 15) is 19.5 Å². The molecule has 5 nitrogen and oxygen atoms in total. The maximum absolute atomic E-state index is 13.2. The van der Waals surface area contributed by atoms with E-state index in [0.717, 1.165) is 0 Å². The lowest BCUT2D eigenvalue weighted by atomic mass is 9.68. The highest BCUT2D eigenvalue weighted by molar-refractivity contribution is 6.32. The largest absolute Gasteiger partial charge is 0.496 e. The minimum atomic E-state index is -0.880. The van der Waals surface area contributed by atoms with Gasteiger partial charge in [-0.25, -0.2) is 0 Å². The quantitative estimate of drug-likeness (QED) is 0.729. The Morgan fingerprint density at radius 1 is 0.962 bits per heavy atom. The number of carbonyl (C=O) groups excluding carboxylic acids is 3. The molecule has 0 spiro atoms. The Balaban J connectivity index is 2.02. The third kappa shape index (κ3) is 2.04. The number of benzene rings is 2. The standard InChI is InChI=1S/C21H18O5/c1-21(2)9-13(22)15-12(20(21)25)8-7-11-17(15)19(24)10-5-4-6-14(26-3)16(10)18(11)23/h4-8,20,25H,9H2,1-3H3. The molecule has 2 aromatic rings. The Bertz CT molecular complexity index is 1000. The van der Waals surface area contributed by atoms with E-state index in [0.29, 0.717) is 11.3 Å². The highest BCUT2D eigenvalue weighted by Crippen LogP contribution is 2.46. The molecule has 0 heterocycles. The number of hydrogen-bond donors (Lipinski definition) is 1. The molecule has 26 heavy (non-hydrogen) atoms. The Morgan fingerprint density at radius 3 is 2.31 bits per heavy atom. The Kier molecular flexibility index (Phi) is 3.43. The zero-order valence-corrected chi connectivity index (χ0v) is 14.8. The number of fused-ring (bicyclic) bond motifs is 4. The van der Waals surface area contributed by atoms with Crippen LogP contribution in [0.4, 0.5) is 0 Å². The molecule has 5 heteroatoms. The van der Waals surface area contributed by atoms with E-state index < -0.39 is 11.5 Å². The number of aliphatic hydroxyl groups excluding tert-OH is 1. The third-order valence-corrected chi connectivity index (χ3v) is 5.36. The number of aliphatic hydroxyl groups is 1. The normalized spacial score (nSPS) is 20.3. The lowest BCUT2D eigenvalue weighted by Gasteiger charge is -2.37. The maximum Gasteiger partial charge on any atom is 0.198 e. The van der Waals surface area contributed by atoms with Crippen LogP contribution in [-0.4, -0.2) is 29.6 Å². The molecule has 1 N–H and O–H groups in total. The summed E-state index contributed by atoms with van der Waals surface area (Å²) >= 11 is 0. The van der Waals surface area contributed by atoms with Crippen LogP contribution in [0, 0.1) is 5.41 Å². The van der Waals surface area contributed by atoms with Gasteiger partial charge in [-0.05, 0) is 17.7 Å². The summed E-state index contributed by atoms with van der Waals surface area (Å²) in [7, 11) is 1.44. The van der Waals surface area contributed by atoms with Gasteiger partial charge in [0.1, 0.15) is 5.75 Å². The van der Waals surface area contributed by atoms with Crippen molar-refractivity contribution < 1.29 is 24.2 Å². The van der Waals surface area contributed by atoms with Crippen LogP contribution in [0.15, 0.2) is 30.3 Å². The fourth-order valence-corrected chi connectivity index (χ4v) is 3.99. The maximum atomic E-state index is 13.2. The van der Waals surface area contributed by atoms with Crippen molar-refractivity contribution in [1.82, 2.24) is 0 Å². The zero-order chi connectivity index (χ0) is 18.8. The van der Waals surface area contributed by atoms with Gasteiger partial charge in [-0.3, -0.25) is 14.4 Å². The summed E-state index contributed by atoms with van der Waals surface area (Å²) in [6, 6.07) is 7.95. The van der Waals surface area contributed by atoms with Crippen molar-refractivity contribution in [2.24, 2.45) is 5.41 Å². The summed E-state index contributed by atoms with van der Waals surface area (Å²) in [6.07, 6.45) is -0.764. The lowest BCUT2D eigenvalue weighted by Crippen LogP contribution is -2.35. The highest BCUT2D eigenvalue weighted by atomic mass is 16.5. The van der Waals surface area contributed by atoms with E-state index in [-0.39, 0.29) is 51.6 Å².